The highest BCUT2D eigenvalue weighted by atomic mass is 31.0. The molecule has 1 aromatic heterocycles. The first-order chi connectivity index (χ1) is 15.2. The Morgan fingerprint density at radius 2 is 1.97 bits per heavy atom. The molecule has 0 spiro atoms. The van der Waals surface area contributed by atoms with Gasteiger partial charge in [0.25, 0.3) is 0 Å². The molecular weight excluding hydrogens is 433 g/mol. The van der Waals surface area contributed by atoms with Gasteiger partial charge in [0.1, 0.15) is 11.6 Å². The van der Waals surface area contributed by atoms with Crippen LogP contribution in [0.4, 0.5) is 26.0 Å². The maximum absolute atomic E-state index is 13.0. The van der Waals surface area contributed by atoms with Crippen molar-refractivity contribution in [2.45, 2.75) is 45.5 Å². The highest BCUT2D eigenvalue weighted by molar-refractivity contribution is 7.17. The summed E-state index contributed by atoms with van der Waals surface area (Å²) in [5.41, 5.74) is 3.94. The molecule has 1 amide bonds. The summed E-state index contributed by atoms with van der Waals surface area (Å²) >= 11 is 0. The molecule has 1 unspecified atom stereocenters. The summed E-state index contributed by atoms with van der Waals surface area (Å²) in [5, 5.41) is 6.28. The lowest BCUT2D eigenvalue weighted by atomic mass is 9.97. The Labute approximate surface area is 189 Å². The minimum atomic E-state index is -3.31. The van der Waals surface area contributed by atoms with Gasteiger partial charge in [0.15, 0.2) is 0 Å². The number of hydrogen-bond acceptors (Lipinski definition) is 5. The number of benzene rings is 1. The average molecular weight is 462 g/mol. The van der Waals surface area contributed by atoms with Gasteiger partial charge in [0.05, 0.1) is 6.04 Å². The number of allylic oxidation sites excluding steroid dienone is 2. The standard InChI is InChI=1S/C23H29F2N4O2P/c1-4-6-16(5-2)21-20(29-13-18(14-29)27-15(3)30)11-12-26-22(21)28-17-7-9-19(10-8-17)31-23(24,25)32/h6-12,18H,4-5,13-14,32H2,1-3H3,(H,26,28)(H,27,30)/b16-6+. The van der Waals surface area contributed by atoms with Crippen LogP contribution in [0.1, 0.15) is 39.2 Å². The third-order valence-corrected chi connectivity index (χ3v) is 5.20. The predicted molar refractivity (Wildman–Crippen MR) is 128 cm³/mol. The van der Waals surface area contributed by atoms with E-state index in [1.807, 2.05) is 6.07 Å². The number of hydrogen-bond donors (Lipinski definition) is 2. The maximum Gasteiger partial charge on any atom is 0.408 e. The Morgan fingerprint density at radius 3 is 2.53 bits per heavy atom. The van der Waals surface area contributed by atoms with Gasteiger partial charge in [-0.1, -0.05) is 19.9 Å². The zero-order valence-corrected chi connectivity index (χ0v) is 19.6. The number of carbonyl (C=O) groups is 1. The number of halogens is 2. The summed E-state index contributed by atoms with van der Waals surface area (Å²) in [4.78, 5) is 18.1. The number of ether oxygens (including phenoxy) is 1. The Hall–Kier alpha value is -2.73. The summed E-state index contributed by atoms with van der Waals surface area (Å²) in [6.07, 6.45) is 5.66. The molecule has 2 aromatic rings. The topological polar surface area (TPSA) is 66.5 Å². The lowest BCUT2D eigenvalue weighted by Gasteiger charge is -2.42. The first-order valence-electron chi connectivity index (χ1n) is 10.6. The monoisotopic (exact) mass is 462 g/mol. The molecule has 172 valence electrons. The summed E-state index contributed by atoms with van der Waals surface area (Å²) in [6.45, 7) is 7.18. The average Bonchev–Trinajstić information content (AvgIpc) is 2.69. The van der Waals surface area contributed by atoms with Crippen molar-refractivity contribution in [3.05, 3.63) is 48.2 Å². The van der Waals surface area contributed by atoms with Crippen molar-refractivity contribution in [2.75, 3.05) is 23.3 Å². The number of nitrogens with one attached hydrogen (secondary N) is 2. The molecule has 32 heavy (non-hydrogen) atoms. The molecule has 1 aliphatic heterocycles. The second-order valence-corrected chi connectivity index (χ2v) is 8.33. The number of aromatic nitrogens is 1. The number of carbonyl (C=O) groups excluding carboxylic acids is 1. The molecule has 2 N–H and O–H groups in total. The molecule has 3 rings (SSSR count). The zero-order chi connectivity index (χ0) is 23.3. The van der Waals surface area contributed by atoms with Gasteiger partial charge in [-0.2, -0.15) is 8.78 Å². The van der Waals surface area contributed by atoms with Crippen LogP contribution in [0.3, 0.4) is 0 Å². The van der Waals surface area contributed by atoms with Crippen LogP contribution in [-0.2, 0) is 4.79 Å². The van der Waals surface area contributed by atoms with E-state index >= 15 is 0 Å². The van der Waals surface area contributed by atoms with E-state index in [1.54, 1.807) is 18.3 Å². The fraction of sp³-hybridized carbons (Fsp3) is 0.391. The summed E-state index contributed by atoms with van der Waals surface area (Å²) in [6, 6.07) is 8.44. The van der Waals surface area contributed by atoms with Crippen LogP contribution in [0.15, 0.2) is 42.6 Å². The van der Waals surface area contributed by atoms with Gasteiger partial charge < -0.3 is 20.3 Å². The van der Waals surface area contributed by atoms with Gasteiger partial charge in [-0.25, -0.2) is 4.98 Å². The van der Waals surface area contributed by atoms with Crippen molar-refractivity contribution in [1.82, 2.24) is 10.3 Å². The normalized spacial score (nSPS) is 14.7. The molecule has 2 heterocycles. The SMILES string of the molecule is CC/C=C(\CC)c1c(N2CC(NC(C)=O)C2)ccnc1Nc1ccc(OC(F)(F)P)cc1. The van der Waals surface area contributed by atoms with Crippen LogP contribution < -0.4 is 20.3 Å². The molecule has 0 saturated carbocycles. The Bertz CT molecular complexity index is 971. The van der Waals surface area contributed by atoms with E-state index in [2.05, 4.69) is 45.2 Å². The Morgan fingerprint density at radius 1 is 1.28 bits per heavy atom. The van der Waals surface area contributed by atoms with Crippen molar-refractivity contribution >= 4 is 37.9 Å². The lowest BCUT2D eigenvalue weighted by Crippen LogP contribution is -2.59. The van der Waals surface area contributed by atoms with Gasteiger partial charge in [-0.15, -0.1) is 0 Å². The first-order valence-corrected chi connectivity index (χ1v) is 11.2. The van der Waals surface area contributed by atoms with E-state index in [1.165, 1.54) is 33.9 Å². The minimum Gasteiger partial charge on any atom is -0.430 e. The van der Waals surface area contributed by atoms with Crippen LogP contribution in [-0.4, -0.2) is 35.9 Å². The van der Waals surface area contributed by atoms with Crippen molar-refractivity contribution in [3.63, 3.8) is 0 Å². The molecule has 0 bridgehead atoms. The Kier molecular flexibility index (Phi) is 7.67. The number of alkyl halides is 2. The summed E-state index contributed by atoms with van der Waals surface area (Å²) < 4.78 is 30.7. The predicted octanol–water partition coefficient (Wildman–Crippen LogP) is 5.16. The number of anilines is 3. The molecule has 6 nitrogen and oxygen atoms in total. The highest BCUT2D eigenvalue weighted by Gasteiger charge is 2.30. The minimum absolute atomic E-state index is 0.0288. The van der Waals surface area contributed by atoms with Crippen LogP contribution in [0.5, 0.6) is 5.75 Å². The second-order valence-electron chi connectivity index (χ2n) is 7.66. The van der Waals surface area contributed by atoms with E-state index in [4.69, 9.17) is 0 Å². The zero-order valence-electron chi connectivity index (χ0n) is 18.5. The summed E-state index contributed by atoms with van der Waals surface area (Å²) in [5.74, 6) is -2.58. The van der Waals surface area contributed by atoms with Crippen LogP contribution in [0.25, 0.3) is 5.57 Å². The van der Waals surface area contributed by atoms with Gasteiger partial charge in [0, 0.05) is 43.1 Å². The lowest BCUT2D eigenvalue weighted by molar-refractivity contribution is -0.119. The first kappa shape index (κ1) is 23.9. The fourth-order valence-corrected chi connectivity index (χ4v) is 3.89. The van der Waals surface area contributed by atoms with Crippen LogP contribution in [0.2, 0.25) is 0 Å². The fourth-order valence-electron chi connectivity index (χ4n) is 3.75. The number of pyridine rings is 1. The van der Waals surface area contributed by atoms with Gasteiger partial charge in [-0.3, -0.25) is 4.79 Å². The van der Waals surface area contributed by atoms with E-state index in [-0.39, 0.29) is 17.7 Å². The molecular formula is C23H29F2N4O2P. The number of nitrogens with zero attached hydrogens (tertiary/aromatic N) is 2. The Balaban J connectivity index is 1.88. The van der Waals surface area contributed by atoms with Gasteiger partial charge in [0.2, 0.25) is 5.91 Å². The van der Waals surface area contributed by atoms with Crippen molar-refractivity contribution in [2.24, 2.45) is 0 Å². The van der Waals surface area contributed by atoms with E-state index in [0.717, 1.165) is 37.2 Å². The largest absolute Gasteiger partial charge is 0.430 e. The van der Waals surface area contributed by atoms with E-state index in [0.29, 0.717) is 11.5 Å². The third kappa shape index (κ3) is 6.16. The highest BCUT2D eigenvalue weighted by Crippen LogP contribution is 2.38. The van der Waals surface area contributed by atoms with Crippen molar-refractivity contribution in [3.8, 4) is 5.75 Å². The molecule has 9 heteroatoms. The van der Waals surface area contributed by atoms with Crippen LogP contribution in [0, 0.1) is 0 Å². The molecule has 1 atom stereocenters. The van der Waals surface area contributed by atoms with Crippen molar-refractivity contribution in [1.29, 1.82) is 0 Å². The second kappa shape index (κ2) is 10.3. The third-order valence-electron chi connectivity index (χ3n) is 5.08. The van der Waals surface area contributed by atoms with Gasteiger partial charge >= 0.3 is 5.85 Å². The van der Waals surface area contributed by atoms with Gasteiger partial charge in [-0.05, 0) is 58.0 Å². The molecule has 1 aliphatic rings. The maximum atomic E-state index is 13.0. The van der Waals surface area contributed by atoms with E-state index in [9.17, 15) is 13.6 Å². The molecule has 0 aliphatic carbocycles. The quantitative estimate of drug-likeness (QED) is 0.504. The smallest absolute Gasteiger partial charge is 0.408 e. The van der Waals surface area contributed by atoms with Crippen LogP contribution >= 0.6 is 9.24 Å². The number of rotatable bonds is 9. The van der Waals surface area contributed by atoms with Crippen molar-refractivity contribution < 1.29 is 18.3 Å². The number of amides is 1. The summed E-state index contributed by atoms with van der Waals surface area (Å²) in [7, 11) is 1.36. The molecule has 0 radical (unpaired) electrons. The molecule has 1 fully saturated rings. The molecule has 1 saturated heterocycles. The molecule has 1 aromatic carbocycles. The van der Waals surface area contributed by atoms with E-state index < -0.39 is 5.85 Å².